The van der Waals surface area contributed by atoms with Gasteiger partial charge in [-0.05, 0) is 67.2 Å². The Bertz CT molecular complexity index is 776. The van der Waals surface area contributed by atoms with E-state index in [0.717, 1.165) is 0 Å². The second-order valence-corrected chi connectivity index (χ2v) is 11.4. The number of rotatable bonds is 7. The van der Waals surface area contributed by atoms with Crippen LogP contribution in [0.5, 0.6) is 0 Å². The van der Waals surface area contributed by atoms with Crippen molar-refractivity contribution in [2.45, 2.75) is 58.2 Å². The highest BCUT2D eigenvalue weighted by Gasteiger charge is 2.48. The normalized spacial score (nSPS) is 17.4. The van der Waals surface area contributed by atoms with E-state index in [1.54, 1.807) is 45.9 Å². The van der Waals surface area contributed by atoms with Crippen LogP contribution in [0.15, 0.2) is 22.7 Å². The molecule has 26 heavy (non-hydrogen) atoms. The first-order valence-electron chi connectivity index (χ1n) is 8.39. The highest BCUT2D eigenvalue weighted by atomic mass is 79.9. The Hall–Kier alpha value is -0.630. The molecule has 5 nitrogen and oxygen atoms in total. The Morgan fingerprint density at radius 2 is 1.85 bits per heavy atom. The van der Waals surface area contributed by atoms with Gasteiger partial charge >= 0.3 is 5.97 Å². The Kier molecular flexibility index (Phi) is 7.35. The quantitative estimate of drug-likeness (QED) is 0.603. The molecule has 0 aromatic heterocycles. The van der Waals surface area contributed by atoms with Crippen LogP contribution in [-0.2, 0) is 20.4 Å². The van der Waals surface area contributed by atoms with E-state index >= 15 is 0 Å². The molecule has 0 aliphatic carbocycles. The molecule has 1 aromatic carbocycles. The molecule has 2 N–H and O–H groups in total. The molecule has 0 aliphatic rings. The minimum Gasteiger partial charge on any atom is -0.481 e. The Balaban J connectivity index is 3.69. The van der Waals surface area contributed by atoms with Crippen molar-refractivity contribution in [1.82, 2.24) is 4.72 Å². The third-order valence-corrected chi connectivity index (χ3v) is 8.31. The monoisotopic (exact) mass is 467 g/mol. The molecular formula is C18H27BrClNO4S. The Morgan fingerprint density at radius 3 is 2.23 bits per heavy atom. The van der Waals surface area contributed by atoms with Gasteiger partial charge in [-0.3, -0.25) is 4.79 Å². The standard InChI is InChI=1S/C18H27BrClNO4S/c1-7-11(2)15(16(22)23)18(6,21-26(24,25)17(3,4)5)12-8-9-13(19)14(20)10-12/h8-11,15,21H,7H2,1-6H3,(H,22,23)/t11?,15-,18+/m1/s1. The molecule has 0 bridgehead atoms. The van der Waals surface area contributed by atoms with Crippen molar-refractivity contribution >= 4 is 43.5 Å². The highest BCUT2D eigenvalue weighted by molar-refractivity contribution is 9.10. The molecule has 0 heterocycles. The fraction of sp³-hybridized carbons (Fsp3) is 0.611. The van der Waals surface area contributed by atoms with E-state index in [1.807, 2.05) is 13.8 Å². The average Bonchev–Trinajstić information content (AvgIpc) is 2.47. The lowest BCUT2D eigenvalue weighted by atomic mass is 9.73. The van der Waals surface area contributed by atoms with Crippen molar-refractivity contribution in [2.24, 2.45) is 11.8 Å². The largest absolute Gasteiger partial charge is 0.481 e. The van der Waals surface area contributed by atoms with E-state index in [4.69, 9.17) is 11.6 Å². The number of hydrogen-bond acceptors (Lipinski definition) is 3. The van der Waals surface area contributed by atoms with Gasteiger partial charge in [0, 0.05) is 4.47 Å². The summed E-state index contributed by atoms with van der Waals surface area (Å²) < 4.78 is 28.0. The van der Waals surface area contributed by atoms with Crippen molar-refractivity contribution in [3.05, 3.63) is 33.3 Å². The maximum Gasteiger partial charge on any atom is 0.309 e. The molecule has 0 aliphatic heterocycles. The molecule has 0 amide bonds. The van der Waals surface area contributed by atoms with Crippen molar-refractivity contribution in [3.63, 3.8) is 0 Å². The van der Waals surface area contributed by atoms with Crippen molar-refractivity contribution in [1.29, 1.82) is 0 Å². The summed E-state index contributed by atoms with van der Waals surface area (Å²) >= 11 is 9.52. The summed E-state index contributed by atoms with van der Waals surface area (Å²) in [7, 11) is -3.81. The van der Waals surface area contributed by atoms with Gasteiger partial charge in [0.15, 0.2) is 0 Å². The first-order valence-corrected chi connectivity index (χ1v) is 11.0. The van der Waals surface area contributed by atoms with Crippen molar-refractivity contribution in [3.8, 4) is 0 Å². The van der Waals surface area contributed by atoms with E-state index in [9.17, 15) is 18.3 Å². The lowest BCUT2D eigenvalue weighted by molar-refractivity contribution is -0.146. The molecule has 0 saturated heterocycles. The minimum absolute atomic E-state index is 0.261. The molecule has 3 atom stereocenters. The van der Waals surface area contributed by atoms with Crippen molar-refractivity contribution in [2.75, 3.05) is 0 Å². The molecule has 0 saturated carbocycles. The minimum atomic E-state index is -3.81. The molecule has 1 aromatic rings. The number of nitrogens with one attached hydrogen (secondary N) is 1. The third-order valence-electron chi connectivity index (χ3n) is 4.77. The van der Waals surface area contributed by atoms with Crippen LogP contribution >= 0.6 is 27.5 Å². The fourth-order valence-corrected chi connectivity index (χ4v) is 4.38. The van der Waals surface area contributed by atoms with Crippen LogP contribution in [0.4, 0.5) is 0 Å². The number of carboxylic acid groups (broad SMARTS) is 1. The summed E-state index contributed by atoms with van der Waals surface area (Å²) in [6.45, 7) is 10.0. The molecular weight excluding hydrogens is 442 g/mol. The zero-order chi connectivity index (χ0) is 20.5. The molecule has 0 fully saturated rings. The number of benzene rings is 1. The fourth-order valence-electron chi connectivity index (χ4n) is 2.85. The summed E-state index contributed by atoms with van der Waals surface area (Å²) in [5.74, 6) is -2.29. The van der Waals surface area contributed by atoms with E-state index in [-0.39, 0.29) is 5.92 Å². The number of hydrogen-bond donors (Lipinski definition) is 2. The van der Waals surface area contributed by atoms with Crippen molar-refractivity contribution < 1.29 is 18.3 Å². The zero-order valence-electron chi connectivity index (χ0n) is 15.9. The third kappa shape index (κ3) is 4.80. The van der Waals surface area contributed by atoms with Crippen LogP contribution in [0, 0.1) is 11.8 Å². The second-order valence-electron chi connectivity index (χ2n) is 7.75. The zero-order valence-corrected chi connectivity index (χ0v) is 19.1. The van der Waals surface area contributed by atoms with Gasteiger partial charge in [0.2, 0.25) is 10.0 Å². The average molecular weight is 469 g/mol. The van der Waals surface area contributed by atoms with Gasteiger partial charge in [0.25, 0.3) is 0 Å². The summed E-state index contributed by atoms with van der Waals surface area (Å²) in [5.41, 5.74) is -0.858. The van der Waals surface area contributed by atoms with Gasteiger partial charge in [0.05, 0.1) is 21.2 Å². The summed E-state index contributed by atoms with van der Waals surface area (Å²) in [6, 6.07) is 4.99. The predicted molar refractivity (Wildman–Crippen MR) is 109 cm³/mol. The van der Waals surface area contributed by atoms with Crippen LogP contribution in [0.1, 0.15) is 53.5 Å². The van der Waals surface area contributed by atoms with Gasteiger partial charge in [-0.25, -0.2) is 13.1 Å². The smallest absolute Gasteiger partial charge is 0.309 e. The topological polar surface area (TPSA) is 83.5 Å². The maximum atomic E-state index is 12.9. The number of carboxylic acids is 1. The number of sulfonamides is 1. The molecule has 1 rings (SSSR count). The maximum absolute atomic E-state index is 12.9. The molecule has 1 unspecified atom stereocenters. The summed E-state index contributed by atoms with van der Waals surface area (Å²) in [6.07, 6.45) is 0.591. The van der Waals surface area contributed by atoms with Crippen LogP contribution in [0.3, 0.4) is 0 Å². The van der Waals surface area contributed by atoms with E-state index in [0.29, 0.717) is 21.5 Å². The van der Waals surface area contributed by atoms with Crippen LogP contribution in [0.2, 0.25) is 5.02 Å². The number of aliphatic carboxylic acids is 1. The van der Waals surface area contributed by atoms with Crippen LogP contribution in [-0.4, -0.2) is 24.2 Å². The molecule has 148 valence electrons. The molecule has 0 spiro atoms. The van der Waals surface area contributed by atoms with Gasteiger partial charge in [0.1, 0.15) is 0 Å². The second kappa shape index (κ2) is 8.17. The van der Waals surface area contributed by atoms with Crippen LogP contribution in [0.25, 0.3) is 0 Å². The molecule has 0 radical (unpaired) electrons. The SMILES string of the molecule is CCC(C)[C@H](C(=O)O)[C@@](C)(NS(=O)(=O)C(C)(C)C)c1ccc(Br)c(Cl)c1. The number of carbonyl (C=O) groups is 1. The summed E-state index contributed by atoms with van der Waals surface area (Å²) in [5, 5.41) is 10.3. The van der Waals surface area contributed by atoms with Gasteiger partial charge in [-0.2, -0.15) is 0 Å². The first-order chi connectivity index (χ1) is 11.7. The Morgan fingerprint density at radius 1 is 1.31 bits per heavy atom. The van der Waals surface area contributed by atoms with Gasteiger partial charge in [-0.1, -0.05) is 37.9 Å². The molecule has 8 heteroatoms. The predicted octanol–water partition coefficient (Wildman–Crippen LogP) is 4.78. The van der Waals surface area contributed by atoms with E-state index in [1.165, 1.54) is 0 Å². The Labute approximate surface area is 169 Å². The summed E-state index contributed by atoms with van der Waals surface area (Å²) in [4.78, 5) is 12.1. The van der Waals surface area contributed by atoms with E-state index < -0.39 is 32.2 Å². The number of halogens is 2. The first kappa shape index (κ1) is 23.4. The lowest BCUT2D eigenvalue weighted by Gasteiger charge is -2.41. The highest BCUT2D eigenvalue weighted by Crippen LogP contribution is 2.39. The van der Waals surface area contributed by atoms with Crippen LogP contribution < -0.4 is 4.72 Å². The van der Waals surface area contributed by atoms with Gasteiger partial charge in [-0.15, -0.1) is 0 Å². The lowest BCUT2D eigenvalue weighted by Crippen LogP contribution is -2.56. The van der Waals surface area contributed by atoms with Gasteiger partial charge < -0.3 is 5.11 Å². The van der Waals surface area contributed by atoms with E-state index in [2.05, 4.69) is 20.7 Å².